The molecule has 0 bridgehead atoms. The molecule has 0 unspecified atom stereocenters. The molecule has 0 aromatic heterocycles. The van der Waals surface area contributed by atoms with Crippen LogP contribution < -0.4 is 4.74 Å². The van der Waals surface area contributed by atoms with E-state index in [4.69, 9.17) is 4.74 Å². The Bertz CT molecular complexity index is 1700. The standard InChI is InChI=1S/C14H16O.2C13H14/c1-10(2)11-8-9-14(15-3)13-7-5-4-6-12(11)13;1-10(2)12-9-5-7-11-6-3-4-8-13(11)12;1-10(2)12-8-7-11-5-3-4-6-13(11)9-12/h4-10H,1-3H3;2*3-10H,1-2H3. The maximum Gasteiger partial charge on any atom is 0.126 e. The number of hydrogen-bond donors (Lipinski definition) is 0. The third-order valence-corrected chi connectivity index (χ3v) is 7.65. The van der Waals surface area contributed by atoms with Crippen molar-refractivity contribution in [2.45, 2.75) is 59.3 Å². The SMILES string of the molecule is CC(C)c1ccc2ccccc2c1.CC(C)c1cccc2ccccc12.COc1ccc(C(C)C)c2ccccc12. The van der Waals surface area contributed by atoms with Crippen LogP contribution in [0.2, 0.25) is 0 Å². The van der Waals surface area contributed by atoms with E-state index in [1.54, 1.807) is 7.11 Å². The minimum atomic E-state index is 0.542. The molecule has 1 nitrogen and oxygen atoms in total. The van der Waals surface area contributed by atoms with Crippen LogP contribution in [0.15, 0.2) is 121 Å². The summed E-state index contributed by atoms with van der Waals surface area (Å²) in [6, 6.07) is 42.9. The zero-order valence-electron chi connectivity index (χ0n) is 25.7. The molecule has 0 aliphatic rings. The van der Waals surface area contributed by atoms with Crippen LogP contribution in [0.4, 0.5) is 0 Å². The Morgan fingerprint density at radius 1 is 0.415 bits per heavy atom. The quantitative estimate of drug-likeness (QED) is 0.216. The van der Waals surface area contributed by atoms with Crippen LogP contribution in [0.5, 0.6) is 5.75 Å². The van der Waals surface area contributed by atoms with E-state index in [2.05, 4.69) is 163 Å². The highest BCUT2D eigenvalue weighted by Gasteiger charge is 2.08. The fraction of sp³-hybridized carbons (Fsp3) is 0.250. The highest BCUT2D eigenvalue weighted by Crippen LogP contribution is 2.32. The lowest BCUT2D eigenvalue weighted by atomic mass is 9.96. The summed E-state index contributed by atoms with van der Waals surface area (Å²) >= 11 is 0. The van der Waals surface area contributed by atoms with Crippen molar-refractivity contribution in [3.63, 3.8) is 0 Å². The van der Waals surface area contributed by atoms with Gasteiger partial charge in [-0.3, -0.25) is 0 Å². The summed E-state index contributed by atoms with van der Waals surface area (Å²) in [7, 11) is 1.72. The molecule has 0 saturated carbocycles. The average molecular weight is 541 g/mol. The van der Waals surface area contributed by atoms with Gasteiger partial charge in [0.2, 0.25) is 0 Å². The first-order valence-electron chi connectivity index (χ1n) is 14.8. The zero-order chi connectivity index (χ0) is 29.4. The highest BCUT2D eigenvalue weighted by molar-refractivity contribution is 5.91. The Balaban J connectivity index is 0.000000142. The van der Waals surface area contributed by atoms with Gasteiger partial charge in [-0.25, -0.2) is 0 Å². The van der Waals surface area contributed by atoms with Crippen LogP contribution in [0.25, 0.3) is 32.3 Å². The van der Waals surface area contributed by atoms with Crippen molar-refractivity contribution in [3.8, 4) is 5.75 Å². The van der Waals surface area contributed by atoms with E-state index < -0.39 is 0 Å². The van der Waals surface area contributed by atoms with Crippen molar-refractivity contribution in [3.05, 3.63) is 138 Å². The van der Waals surface area contributed by atoms with Crippen LogP contribution in [-0.4, -0.2) is 7.11 Å². The lowest BCUT2D eigenvalue weighted by molar-refractivity contribution is 0.419. The number of hydrogen-bond acceptors (Lipinski definition) is 1. The molecular formula is C40H44O. The molecule has 41 heavy (non-hydrogen) atoms. The third-order valence-electron chi connectivity index (χ3n) is 7.65. The second kappa shape index (κ2) is 14.0. The van der Waals surface area contributed by atoms with Crippen LogP contribution in [0.3, 0.4) is 0 Å². The molecule has 210 valence electrons. The van der Waals surface area contributed by atoms with Crippen molar-refractivity contribution < 1.29 is 4.74 Å². The first kappa shape index (κ1) is 29.9. The van der Waals surface area contributed by atoms with Crippen molar-refractivity contribution in [2.24, 2.45) is 0 Å². The molecule has 6 aromatic carbocycles. The zero-order valence-corrected chi connectivity index (χ0v) is 25.7. The molecule has 0 radical (unpaired) electrons. The number of methoxy groups -OCH3 is 1. The molecule has 0 fully saturated rings. The van der Waals surface area contributed by atoms with Crippen LogP contribution in [0.1, 0.15) is 76.0 Å². The van der Waals surface area contributed by atoms with E-state index in [0.717, 1.165) is 5.75 Å². The van der Waals surface area contributed by atoms with Gasteiger partial charge < -0.3 is 4.74 Å². The van der Waals surface area contributed by atoms with Gasteiger partial charge in [0, 0.05) is 5.39 Å². The Hall–Kier alpha value is -4.10. The van der Waals surface area contributed by atoms with Gasteiger partial charge in [0.15, 0.2) is 0 Å². The molecular weight excluding hydrogens is 496 g/mol. The summed E-state index contributed by atoms with van der Waals surface area (Å²) in [5, 5.41) is 7.90. The van der Waals surface area contributed by atoms with E-state index in [-0.39, 0.29) is 0 Å². The number of ether oxygens (including phenoxy) is 1. The first-order valence-corrected chi connectivity index (χ1v) is 14.8. The van der Waals surface area contributed by atoms with Crippen molar-refractivity contribution in [1.82, 2.24) is 0 Å². The van der Waals surface area contributed by atoms with E-state index in [0.29, 0.717) is 17.8 Å². The van der Waals surface area contributed by atoms with Gasteiger partial charge in [0.25, 0.3) is 0 Å². The largest absolute Gasteiger partial charge is 0.496 e. The molecule has 0 spiro atoms. The fourth-order valence-electron chi connectivity index (χ4n) is 5.30. The Morgan fingerprint density at radius 2 is 0.951 bits per heavy atom. The summed E-state index contributed by atoms with van der Waals surface area (Å²) in [6.07, 6.45) is 0. The molecule has 0 aliphatic heterocycles. The van der Waals surface area contributed by atoms with E-state index >= 15 is 0 Å². The molecule has 0 N–H and O–H groups in total. The molecule has 0 heterocycles. The molecule has 6 aromatic rings. The monoisotopic (exact) mass is 540 g/mol. The smallest absolute Gasteiger partial charge is 0.126 e. The molecule has 0 atom stereocenters. The number of rotatable bonds is 4. The van der Waals surface area contributed by atoms with Gasteiger partial charge in [-0.1, -0.05) is 157 Å². The highest BCUT2D eigenvalue weighted by atomic mass is 16.5. The second-order valence-electron chi connectivity index (χ2n) is 11.5. The van der Waals surface area contributed by atoms with Gasteiger partial charge in [-0.15, -0.1) is 0 Å². The molecule has 6 rings (SSSR count). The Kier molecular flexibility index (Phi) is 10.2. The van der Waals surface area contributed by atoms with Gasteiger partial charge in [-0.05, 0) is 67.4 Å². The molecule has 0 amide bonds. The molecule has 0 saturated heterocycles. The molecule has 1 heteroatoms. The second-order valence-corrected chi connectivity index (χ2v) is 11.5. The van der Waals surface area contributed by atoms with Crippen molar-refractivity contribution in [2.75, 3.05) is 7.11 Å². The van der Waals surface area contributed by atoms with Crippen LogP contribution >= 0.6 is 0 Å². The predicted molar refractivity (Wildman–Crippen MR) is 181 cm³/mol. The lowest BCUT2D eigenvalue weighted by Gasteiger charge is -2.12. The average Bonchev–Trinajstić information content (AvgIpc) is 3.00. The lowest BCUT2D eigenvalue weighted by Crippen LogP contribution is -1.92. The minimum Gasteiger partial charge on any atom is -0.496 e. The van der Waals surface area contributed by atoms with Crippen molar-refractivity contribution in [1.29, 1.82) is 0 Å². The van der Waals surface area contributed by atoms with Gasteiger partial charge in [-0.2, -0.15) is 0 Å². The van der Waals surface area contributed by atoms with Gasteiger partial charge in [0.1, 0.15) is 5.75 Å². The summed E-state index contributed by atoms with van der Waals surface area (Å²) in [5.41, 5.74) is 4.24. The number of benzene rings is 6. The first-order chi connectivity index (χ1) is 19.8. The fourth-order valence-corrected chi connectivity index (χ4v) is 5.30. The topological polar surface area (TPSA) is 9.23 Å². The van der Waals surface area contributed by atoms with Crippen LogP contribution in [-0.2, 0) is 0 Å². The van der Waals surface area contributed by atoms with E-state index in [1.165, 1.54) is 49.0 Å². The normalized spacial score (nSPS) is 11.0. The maximum atomic E-state index is 5.36. The summed E-state index contributed by atoms with van der Waals surface area (Å²) in [6.45, 7) is 13.4. The number of fused-ring (bicyclic) bond motifs is 3. The maximum absolute atomic E-state index is 5.36. The summed E-state index contributed by atoms with van der Waals surface area (Å²) in [5.74, 6) is 2.71. The summed E-state index contributed by atoms with van der Waals surface area (Å²) < 4.78 is 5.36. The summed E-state index contributed by atoms with van der Waals surface area (Å²) in [4.78, 5) is 0. The Labute approximate surface area is 246 Å². The van der Waals surface area contributed by atoms with E-state index in [9.17, 15) is 0 Å². The van der Waals surface area contributed by atoms with E-state index in [1.807, 2.05) is 0 Å². The minimum absolute atomic E-state index is 0.542. The van der Waals surface area contributed by atoms with Crippen LogP contribution in [0, 0.1) is 0 Å². The van der Waals surface area contributed by atoms with Crippen molar-refractivity contribution >= 4 is 32.3 Å². The third kappa shape index (κ3) is 7.35. The molecule has 0 aliphatic carbocycles. The predicted octanol–water partition coefficient (Wildman–Crippen LogP) is 11.9. The van der Waals surface area contributed by atoms with Gasteiger partial charge >= 0.3 is 0 Å². The Morgan fingerprint density at radius 3 is 1.59 bits per heavy atom. The van der Waals surface area contributed by atoms with Gasteiger partial charge in [0.05, 0.1) is 7.11 Å².